The summed E-state index contributed by atoms with van der Waals surface area (Å²) in [4.78, 5) is 0. The lowest BCUT2D eigenvalue weighted by Gasteiger charge is -2.18. The van der Waals surface area contributed by atoms with Gasteiger partial charge in [0.15, 0.2) is 6.33 Å². The first-order valence-corrected chi connectivity index (χ1v) is 8.22. The third kappa shape index (κ3) is 8.38. The van der Waals surface area contributed by atoms with Crippen LogP contribution in [-0.2, 0) is 5.41 Å². The van der Waals surface area contributed by atoms with Crippen molar-refractivity contribution in [3.05, 3.63) is 36.2 Å². The maximum absolute atomic E-state index is 5.06. The molecule has 0 saturated heterocycles. The molecule has 0 unspecified atom stereocenters. The van der Waals surface area contributed by atoms with Gasteiger partial charge in [0, 0.05) is 11.0 Å². The van der Waals surface area contributed by atoms with Crippen molar-refractivity contribution in [1.82, 2.24) is 20.4 Å². The van der Waals surface area contributed by atoms with Crippen molar-refractivity contribution in [1.29, 1.82) is 0 Å². The zero-order valence-corrected chi connectivity index (χ0v) is 16.3. The van der Waals surface area contributed by atoms with Gasteiger partial charge in [-0.1, -0.05) is 58.9 Å². The smallest absolute Gasteiger partial charge is 0.135 e. The third-order valence-corrected chi connectivity index (χ3v) is 2.85. The second kappa shape index (κ2) is 9.77. The zero-order valence-electron chi connectivity index (χ0n) is 16.3. The highest BCUT2D eigenvalue weighted by Crippen LogP contribution is 2.24. The molecule has 0 aliphatic carbocycles. The summed E-state index contributed by atoms with van der Waals surface area (Å²) in [5.74, 6) is 3.16. The van der Waals surface area contributed by atoms with Crippen LogP contribution in [0.15, 0.2) is 30.6 Å². The predicted octanol–water partition coefficient (Wildman–Crippen LogP) is 4.92. The lowest BCUT2D eigenvalue weighted by Crippen LogP contribution is -2.10. The average molecular weight is 326 g/mol. The van der Waals surface area contributed by atoms with E-state index in [0.717, 1.165) is 5.56 Å². The molecular weight excluding hydrogens is 296 g/mol. The monoisotopic (exact) mass is 326 g/mol. The van der Waals surface area contributed by atoms with Crippen LogP contribution in [0.2, 0.25) is 0 Å². The molecule has 1 aromatic heterocycles. The second-order valence-electron chi connectivity index (χ2n) is 7.09. The summed E-state index contributed by atoms with van der Waals surface area (Å²) < 4.78 is 0. The van der Waals surface area contributed by atoms with Gasteiger partial charge >= 0.3 is 0 Å². The summed E-state index contributed by atoms with van der Waals surface area (Å²) >= 11 is 0. The Bertz CT molecular complexity index is 612. The van der Waals surface area contributed by atoms with E-state index < -0.39 is 0 Å². The SMILES string of the molecule is C#CC(C)(C)C.CC.CC(C)(C)c1ccc(-c2nncnn2)cc1. The van der Waals surface area contributed by atoms with Gasteiger partial charge in [0.2, 0.25) is 5.82 Å². The molecule has 0 amide bonds. The standard InChI is InChI=1S/C12H14N4.C6H10.C2H6/c1-12(2,3)10-6-4-9(5-7-10)11-15-13-8-14-16-11;1-5-6(2,3)4;1-2/h4-8H,1-3H3;1H,2-4H3;1-2H3. The van der Waals surface area contributed by atoms with Crippen LogP contribution < -0.4 is 0 Å². The van der Waals surface area contributed by atoms with Gasteiger partial charge in [0.1, 0.15) is 0 Å². The minimum atomic E-state index is 0.0694. The summed E-state index contributed by atoms with van der Waals surface area (Å²) in [6, 6.07) is 8.18. The topological polar surface area (TPSA) is 51.6 Å². The molecule has 0 saturated carbocycles. The van der Waals surface area contributed by atoms with Gasteiger partial charge < -0.3 is 0 Å². The molecule has 4 nitrogen and oxygen atoms in total. The molecule has 2 rings (SSSR count). The van der Waals surface area contributed by atoms with Crippen molar-refractivity contribution in [2.24, 2.45) is 5.41 Å². The molecule has 0 N–H and O–H groups in total. The first-order valence-electron chi connectivity index (χ1n) is 8.22. The van der Waals surface area contributed by atoms with Crippen LogP contribution >= 0.6 is 0 Å². The molecule has 0 aliphatic rings. The summed E-state index contributed by atoms with van der Waals surface area (Å²) in [5, 5.41) is 15.3. The van der Waals surface area contributed by atoms with E-state index in [-0.39, 0.29) is 10.8 Å². The quantitative estimate of drug-likeness (QED) is 0.698. The molecule has 2 aromatic rings. The Balaban J connectivity index is 0.000000563. The fourth-order valence-corrected chi connectivity index (χ4v) is 1.44. The van der Waals surface area contributed by atoms with Crippen molar-refractivity contribution in [3.8, 4) is 23.7 Å². The highest BCUT2D eigenvalue weighted by Gasteiger charge is 2.13. The fourth-order valence-electron chi connectivity index (χ4n) is 1.44. The van der Waals surface area contributed by atoms with E-state index in [1.807, 2.05) is 46.8 Å². The van der Waals surface area contributed by atoms with E-state index in [2.05, 4.69) is 59.2 Å². The molecule has 0 spiro atoms. The van der Waals surface area contributed by atoms with Crippen molar-refractivity contribution in [3.63, 3.8) is 0 Å². The molecule has 24 heavy (non-hydrogen) atoms. The minimum absolute atomic E-state index is 0.0694. The van der Waals surface area contributed by atoms with Gasteiger partial charge in [0.25, 0.3) is 0 Å². The number of benzene rings is 1. The van der Waals surface area contributed by atoms with E-state index in [4.69, 9.17) is 6.42 Å². The predicted molar refractivity (Wildman–Crippen MR) is 101 cm³/mol. The van der Waals surface area contributed by atoms with Gasteiger partial charge in [-0.15, -0.1) is 32.7 Å². The number of hydrogen-bond donors (Lipinski definition) is 0. The van der Waals surface area contributed by atoms with Gasteiger partial charge in [0.05, 0.1) is 0 Å². The van der Waals surface area contributed by atoms with E-state index in [0.29, 0.717) is 5.82 Å². The fraction of sp³-hybridized carbons (Fsp3) is 0.500. The molecular formula is C20H30N4. The molecule has 0 atom stereocenters. The normalized spacial score (nSPS) is 10.5. The van der Waals surface area contributed by atoms with Gasteiger partial charge in [-0.2, -0.15) is 0 Å². The Morgan fingerprint density at radius 3 is 1.58 bits per heavy atom. The van der Waals surface area contributed by atoms with E-state index in [1.165, 1.54) is 11.9 Å². The highest BCUT2D eigenvalue weighted by molar-refractivity contribution is 5.54. The molecule has 0 fully saturated rings. The third-order valence-electron chi connectivity index (χ3n) is 2.85. The van der Waals surface area contributed by atoms with Gasteiger partial charge in [-0.05, 0) is 31.7 Å². The molecule has 130 valence electrons. The molecule has 1 heterocycles. The van der Waals surface area contributed by atoms with Crippen LogP contribution in [-0.4, -0.2) is 20.4 Å². The first kappa shape index (κ1) is 21.7. The number of aromatic nitrogens is 4. The summed E-state index contributed by atoms with van der Waals surface area (Å²) in [6.07, 6.45) is 6.38. The summed E-state index contributed by atoms with van der Waals surface area (Å²) in [5.41, 5.74) is 2.45. The van der Waals surface area contributed by atoms with Gasteiger partial charge in [-0.3, -0.25) is 0 Å². The lowest BCUT2D eigenvalue weighted by atomic mass is 9.87. The van der Waals surface area contributed by atoms with Crippen molar-refractivity contribution in [2.45, 2.75) is 60.8 Å². The van der Waals surface area contributed by atoms with Crippen LogP contribution in [0, 0.1) is 17.8 Å². The Hall–Kier alpha value is -2.28. The van der Waals surface area contributed by atoms with Crippen molar-refractivity contribution >= 4 is 0 Å². The molecule has 1 aromatic carbocycles. The Labute approximate surface area is 147 Å². The maximum atomic E-state index is 5.06. The number of hydrogen-bond acceptors (Lipinski definition) is 4. The van der Waals surface area contributed by atoms with E-state index in [9.17, 15) is 0 Å². The van der Waals surface area contributed by atoms with Crippen LogP contribution in [0.5, 0.6) is 0 Å². The van der Waals surface area contributed by atoms with Crippen LogP contribution in [0.25, 0.3) is 11.4 Å². The zero-order chi connectivity index (χ0) is 18.8. The largest absolute Gasteiger partial charge is 0.203 e. The second-order valence-corrected chi connectivity index (χ2v) is 7.09. The molecule has 0 aliphatic heterocycles. The lowest BCUT2D eigenvalue weighted by molar-refractivity contribution is 0.571. The van der Waals surface area contributed by atoms with Crippen molar-refractivity contribution < 1.29 is 0 Å². The Morgan fingerprint density at radius 2 is 1.25 bits per heavy atom. The van der Waals surface area contributed by atoms with Gasteiger partial charge in [-0.25, -0.2) is 0 Å². The maximum Gasteiger partial charge on any atom is 0.203 e. The average Bonchev–Trinajstić information content (AvgIpc) is 2.57. The first-order chi connectivity index (χ1) is 11.1. The molecule has 4 heteroatoms. The molecule has 0 bridgehead atoms. The molecule has 0 radical (unpaired) electrons. The van der Waals surface area contributed by atoms with Crippen molar-refractivity contribution in [2.75, 3.05) is 0 Å². The minimum Gasteiger partial charge on any atom is -0.135 e. The van der Waals surface area contributed by atoms with E-state index >= 15 is 0 Å². The van der Waals surface area contributed by atoms with E-state index in [1.54, 1.807) is 0 Å². The number of rotatable bonds is 1. The Kier molecular flexibility index (Phi) is 8.84. The van der Waals surface area contributed by atoms with Crippen LogP contribution in [0.1, 0.15) is 61.0 Å². The number of terminal acetylenes is 1. The summed E-state index contributed by atoms with van der Waals surface area (Å²) in [7, 11) is 0. The van der Waals surface area contributed by atoms with Crippen LogP contribution in [0.4, 0.5) is 0 Å². The highest BCUT2D eigenvalue weighted by atomic mass is 15.3. The Morgan fingerprint density at radius 1 is 0.833 bits per heavy atom. The number of nitrogens with zero attached hydrogens (tertiary/aromatic N) is 4. The van der Waals surface area contributed by atoms with Crippen LogP contribution in [0.3, 0.4) is 0 Å². The summed E-state index contributed by atoms with van der Waals surface area (Å²) in [6.45, 7) is 16.6.